The number of carboxylic acids is 1. The standard InChI is InChI=1S/C16H16O3/c17-14-7-3-6-12-11(14)8-9-13(16(18)19)15(12)10-4-1-2-5-10/h3,6-10,17H,1-2,4-5H2,(H,18,19). The molecule has 2 aromatic carbocycles. The minimum absolute atomic E-state index is 0.216. The van der Waals surface area contributed by atoms with E-state index in [-0.39, 0.29) is 5.75 Å². The van der Waals surface area contributed by atoms with Gasteiger partial charge < -0.3 is 10.2 Å². The van der Waals surface area contributed by atoms with Crippen molar-refractivity contribution < 1.29 is 15.0 Å². The van der Waals surface area contributed by atoms with Crippen LogP contribution < -0.4 is 0 Å². The van der Waals surface area contributed by atoms with E-state index >= 15 is 0 Å². The summed E-state index contributed by atoms with van der Waals surface area (Å²) in [6, 6.07) is 8.66. The molecule has 0 aliphatic heterocycles. The maximum atomic E-state index is 11.4. The largest absolute Gasteiger partial charge is 0.507 e. The number of benzene rings is 2. The highest BCUT2D eigenvalue weighted by molar-refractivity contribution is 6.00. The predicted octanol–water partition coefficient (Wildman–Crippen LogP) is 3.90. The van der Waals surface area contributed by atoms with E-state index in [2.05, 4.69) is 0 Å². The number of carboxylic acid groups (broad SMARTS) is 1. The van der Waals surface area contributed by atoms with Gasteiger partial charge in [-0.3, -0.25) is 0 Å². The zero-order valence-corrected chi connectivity index (χ0v) is 10.6. The number of fused-ring (bicyclic) bond motifs is 1. The first-order valence-corrected chi connectivity index (χ1v) is 6.66. The Kier molecular flexibility index (Phi) is 2.90. The van der Waals surface area contributed by atoms with Crippen LogP contribution in [0.4, 0.5) is 0 Å². The maximum Gasteiger partial charge on any atom is 0.335 e. The number of hydrogen-bond donors (Lipinski definition) is 2. The van der Waals surface area contributed by atoms with E-state index in [0.29, 0.717) is 11.5 Å². The first-order chi connectivity index (χ1) is 9.18. The summed E-state index contributed by atoms with van der Waals surface area (Å²) in [7, 11) is 0. The minimum Gasteiger partial charge on any atom is -0.507 e. The van der Waals surface area contributed by atoms with Gasteiger partial charge in [-0.2, -0.15) is 0 Å². The Labute approximate surface area is 111 Å². The van der Waals surface area contributed by atoms with Crippen molar-refractivity contribution >= 4 is 16.7 Å². The fourth-order valence-electron chi connectivity index (χ4n) is 3.21. The predicted molar refractivity (Wildman–Crippen MR) is 73.8 cm³/mol. The lowest BCUT2D eigenvalue weighted by Crippen LogP contribution is -2.06. The number of phenols is 1. The molecule has 1 aliphatic rings. The van der Waals surface area contributed by atoms with Gasteiger partial charge in [-0.1, -0.05) is 25.0 Å². The van der Waals surface area contributed by atoms with Crippen molar-refractivity contribution in [1.29, 1.82) is 0 Å². The van der Waals surface area contributed by atoms with E-state index in [1.807, 2.05) is 6.07 Å². The Morgan fingerprint density at radius 1 is 1.05 bits per heavy atom. The third-order valence-electron chi connectivity index (χ3n) is 4.07. The summed E-state index contributed by atoms with van der Waals surface area (Å²) < 4.78 is 0. The highest BCUT2D eigenvalue weighted by atomic mass is 16.4. The first kappa shape index (κ1) is 12.0. The molecule has 0 amide bonds. The second kappa shape index (κ2) is 4.57. The second-order valence-corrected chi connectivity index (χ2v) is 5.19. The monoisotopic (exact) mass is 256 g/mol. The molecule has 98 valence electrons. The van der Waals surface area contributed by atoms with Gasteiger partial charge >= 0.3 is 5.97 Å². The average Bonchev–Trinajstić information content (AvgIpc) is 2.91. The van der Waals surface area contributed by atoms with Crippen LogP contribution in [0.25, 0.3) is 10.8 Å². The molecule has 2 N–H and O–H groups in total. The summed E-state index contributed by atoms with van der Waals surface area (Å²) >= 11 is 0. The third-order valence-corrected chi connectivity index (χ3v) is 4.07. The summed E-state index contributed by atoms with van der Waals surface area (Å²) in [5.74, 6) is -0.363. The van der Waals surface area contributed by atoms with Crippen LogP contribution in [0.5, 0.6) is 5.75 Å². The molecular weight excluding hydrogens is 240 g/mol. The lowest BCUT2D eigenvalue weighted by molar-refractivity contribution is 0.0695. The van der Waals surface area contributed by atoms with Crippen molar-refractivity contribution in [3.8, 4) is 5.75 Å². The number of aromatic carboxylic acids is 1. The Hall–Kier alpha value is -2.03. The van der Waals surface area contributed by atoms with Gasteiger partial charge in [-0.15, -0.1) is 0 Å². The summed E-state index contributed by atoms with van der Waals surface area (Å²) in [5.41, 5.74) is 1.28. The fraction of sp³-hybridized carbons (Fsp3) is 0.312. The van der Waals surface area contributed by atoms with Crippen molar-refractivity contribution in [1.82, 2.24) is 0 Å². The molecule has 2 aromatic rings. The van der Waals surface area contributed by atoms with Crippen molar-refractivity contribution in [2.75, 3.05) is 0 Å². The smallest absolute Gasteiger partial charge is 0.335 e. The molecule has 0 aromatic heterocycles. The molecule has 1 fully saturated rings. The fourth-order valence-corrected chi connectivity index (χ4v) is 3.21. The zero-order valence-electron chi connectivity index (χ0n) is 10.6. The van der Waals surface area contributed by atoms with Gasteiger partial charge in [0, 0.05) is 5.39 Å². The second-order valence-electron chi connectivity index (χ2n) is 5.19. The van der Waals surface area contributed by atoms with Gasteiger partial charge in [0.15, 0.2) is 0 Å². The van der Waals surface area contributed by atoms with Crippen LogP contribution in [0.3, 0.4) is 0 Å². The Morgan fingerprint density at radius 2 is 1.79 bits per heavy atom. The van der Waals surface area contributed by atoms with Crippen LogP contribution in [0.1, 0.15) is 47.5 Å². The van der Waals surface area contributed by atoms with Crippen molar-refractivity contribution in [2.45, 2.75) is 31.6 Å². The summed E-state index contributed by atoms with van der Waals surface area (Å²) in [4.78, 5) is 11.4. The highest BCUT2D eigenvalue weighted by Crippen LogP contribution is 2.41. The molecule has 3 heteroatoms. The lowest BCUT2D eigenvalue weighted by atomic mass is 9.88. The first-order valence-electron chi connectivity index (χ1n) is 6.66. The topological polar surface area (TPSA) is 57.5 Å². The number of rotatable bonds is 2. The van der Waals surface area contributed by atoms with E-state index in [1.54, 1.807) is 24.3 Å². The van der Waals surface area contributed by atoms with Crippen LogP contribution in [0, 0.1) is 0 Å². The summed E-state index contributed by atoms with van der Waals surface area (Å²) in [6.07, 6.45) is 4.38. The Bertz CT molecular complexity index is 640. The molecule has 3 nitrogen and oxygen atoms in total. The van der Waals surface area contributed by atoms with E-state index < -0.39 is 5.97 Å². The van der Waals surface area contributed by atoms with Crippen molar-refractivity contribution in [2.24, 2.45) is 0 Å². The van der Waals surface area contributed by atoms with Gasteiger partial charge in [0.2, 0.25) is 0 Å². The van der Waals surface area contributed by atoms with Crippen molar-refractivity contribution in [3.05, 3.63) is 41.5 Å². The highest BCUT2D eigenvalue weighted by Gasteiger charge is 2.25. The van der Waals surface area contributed by atoms with E-state index in [1.165, 1.54) is 0 Å². The molecular formula is C16H16O3. The molecule has 0 radical (unpaired) electrons. The third kappa shape index (κ3) is 1.95. The number of phenolic OH excluding ortho intramolecular Hbond substituents is 1. The van der Waals surface area contributed by atoms with Crippen molar-refractivity contribution in [3.63, 3.8) is 0 Å². The van der Waals surface area contributed by atoms with E-state index in [0.717, 1.165) is 42.0 Å². The summed E-state index contributed by atoms with van der Waals surface area (Å²) in [5, 5.41) is 20.9. The Balaban J connectivity index is 2.31. The number of carbonyl (C=O) groups is 1. The molecule has 1 saturated carbocycles. The molecule has 3 rings (SSSR count). The molecule has 0 unspecified atom stereocenters. The molecule has 19 heavy (non-hydrogen) atoms. The van der Waals surface area contributed by atoms with Gasteiger partial charge in [0.1, 0.15) is 5.75 Å². The molecule has 0 spiro atoms. The van der Waals surface area contributed by atoms with E-state index in [4.69, 9.17) is 0 Å². The number of hydrogen-bond acceptors (Lipinski definition) is 2. The molecule has 0 heterocycles. The van der Waals surface area contributed by atoms with Crippen LogP contribution >= 0.6 is 0 Å². The average molecular weight is 256 g/mol. The molecule has 1 aliphatic carbocycles. The minimum atomic E-state index is -0.882. The zero-order chi connectivity index (χ0) is 13.4. The van der Waals surface area contributed by atoms with Gasteiger partial charge in [0.25, 0.3) is 0 Å². The van der Waals surface area contributed by atoms with Gasteiger partial charge in [-0.05, 0) is 47.9 Å². The van der Waals surface area contributed by atoms with Crippen LogP contribution in [0.2, 0.25) is 0 Å². The molecule has 0 atom stereocenters. The quantitative estimate of drug-likeness (QED) is 0.856. The summed E-state index contributed by atoms with van der Waals surface area (Å²) in [6.45, 7) is 0. The Morgan fingerprint density at radius 3 is 2.47 bits per heavy atom. The van der Waals surface area contributed by atoms with Crippen LogP contribution in [-0.4, -0.2) is 16.2 Å². The molecule has 0 bridgehead atoms. The maximum absolute atomic E-state index is 11.4. The van der Waals surface area contributed by atoms with Gasteiger partial charge in [-0.25, -0.2) is 4.79 Å². The van der Waals surface area contributed by atoms with Crippen LogP contribution in [0.15, 0.2) is 30.3 Å². The van der Waals surface area contributed by atoms with Gasteiger partial charge in [0.05, 0.1) is 5.56 Å². The van der Waals surface area contributed by atoms with Crippen LogP contribution in [-0.2, 0) is 0 Å². The SMILES string of the molecule is O=C(O)c1ccc2c(O)cccc2c1C1CCCC1. The lowest BCUT2D eigenvalue weighted by Gasteiger charge is -2.16. The molecule has 0 saturated heterocycles. The normalized spacial score (nSPS) is 16.0. The van der Waals surface area contributed by atoms with E-state index in [9.17, 15) is 15.0 Å². The number of aromatic hydroxyl groups is 1.